The second-order valence-electron chi connectivity index (χ2n) is 4.47. The summed E-state index contributed by atoms with van der Waals surface area (Å²) < 4.78 is 5.67. The van der Waals surface area contributed by atoms with Gasteiger partial charge in [0.2, 0.25) is 5.91 Å². The number of benzene rings is 2. The molecule has 0 aliphatic heterocycles. The Kier molecular flexibility index (Phi) is 4.93. The zero-order chi connectivity index (χ0) is 15.1. The molecule has 5 nitrogen and oxygen atoms in total. The first-order valence-electron chi connectivity index (χ1n) is 6.54. The lowest BCUT2D eigenvalue weighted by atomic mass is 10.1. The highest BCUT2D eigenvalue weighted by Gasteiger charge is 2.05. The van der Waals surface area contributed by atoms with Crippen molar-refractivity contribution in [1.82, 2.24) is 5.32 Å². The maximum Gasteiger partial charge on any atom is 0.318 e. The highest BCUT2D eigenvalue weighted by atomic mass is 16.5. The summed E-state index contributed by atoms with van der Waals surface area (Å²) >= 11 is 0. The Bertz CT molecular complexity index is 609. The Hall–Kier alpha value is -2.82. The molecule has 3 amide bonds. The summed E-state index contributed by atoms with van der Waals surface area (Å²) in [4.78, 5) is 21.8. The summed E-state index contributed by atoms with van der Waals surface area (Å²) in [5.74, 6) is 1.12. The Morgan fingerprint density at radius 3 is 2.19 bits per heavy atom. The third-order valence-electron chi connectivity index (χ3n) is 2.81. The molecule has 0 bridgehead atoms. The van der Waals surface area contributed by atoms with Gasteiger partial charge in [-0.15, -0.1) is 0 Å². The van der Waals surface area contributed by atoms with Crippen molar-refractivity contribution in [1.29, 1.82) is 0 Å². The quantitative estimate of drug-likeness (QED) is 0.885. The summed E-state index contributed by atoms with van der Waals surface area (Å²) in [5, 5.41) is 2.03. The molecule has 5 heteroatoms. The van der Waals surface area contributed by atoms with Crippen molar-refractivity contribution in [3.05, 3.63) is 60.2 Å². The van der Waals surface area contributed by atoms with Crippen molar-refractivity contribution < 1.29 is 14.3 Å². The number of primary amides is 1. The van der Waals surface area contributed by atoms with Gasteiger partial charge in [-0.1, -0.05) is 30.3 Å². The van der Waals surface area contributed by atoms with Crippen molar-refractivity contribution in [3.63, 3.8) is 0 Å². The van der Waals surface area contributed by atoms with E-state index in [2.05, 4.69) is 0 Å². The number of urea groups is 1. The van der Waals surface area contributed by atoms with Gasteiger partial charge < -0.3 is 10.5 Å². The number of hydrogen-bond acceptors (Lipinski definition) is 3. The fourth-order valence-electron chi connectivity index (χ4n) is 1.81. The van der Waals surface area contributed by atoms with Crippen molar-refractivity contribution >= 4 is 11.9 Å². The average molecular weight is 284 g/mol. The first kappa shape index (κ1) is 14.6. The maximum atomic E-state index is 11.3. The van der Waals surface area contributed by atoms with E-state index in [1.54, 1.807) is 0 Å². The van der Waals surface area contributed by atoms with E-state index in [4.69, 9.17) is 10.5 Å². The Morgan fingerprint density at radius 2 is 1.57 bits per heavy atom. The molecule has 0 saturated heterocycles. The summed E-state index contributed by atoms with van der Waals surface area (Å²) in [6, 6.07) is 16.1. The molecule has 0 saturated carbocycles. The number of ether oxygens (including phenoxy) is 1. The maximum absolute atomic E-state index is 11.3. The van der Waals surface area contributed by atoms with Gasteiger partial charge in [-0.3, -0.25) is 10.1 Å². The van der Waals surface area contributed by atoms with Crippen molar-refractivity contribution in [2.75, 3.05) is 0 Å². The number of imide groups is 1. The number of nitrogens with one attached hydrogen (secondary N) is 1. The largest absolute Gasteiger partial charge is 0.457 e. The lowest BCUT2D eigenvalue weighted by Crippen LogP contribution is -2.35. The molecular formula is C16H16N2O3. The van der Waals surface area contributed by atoms with E-state index >= 15 is 0 Å². The number of aryl methyl sites for hydroxylation is 1. The van der Waals surface area contributed by atoms with Gasteiger partial charge in [0.25, 0.3) is 0 Å². The van der Waals surface area contributed by atoms with Crippen LogP contribution in [0.5, 0.6) is 11.5 Å². The van der Waals surface area contributed by atoms with E-state index in [-0.39, 0.29) is 12.3 Å². The molecule has 0 aromatic heterocycles. The SMILES string of the molecule is NC(=O)NC(=O)CCc1ccc(Oc2ccccc2)cc1. The first-order chi connectivity index (χ1) is 10.1. The fraction of sp³-hybridized carbons (Fsp3) is 0.125. The number of hydrogen-bond donors (Lipinski definition) is 2. The van der Waals surface area contributed by atoms with Crippen LogP contribution in [-0.2, 0) is 11.2 Å². The monoisotopic (exact) mass is 284 g/mol. The Balaban J connectivity index is 1.87. The number of rotatable bonds is 5. The first-order valence-corrected chi connectivity index (χ1v) is 6.54. The van der Waals surface area contributed by atoms with Crippen molar-refractivity contribution in [2.45, 2.75) is 12.8 Å². The molecule has 0 heterocycles. The second kappa shape index (κ2) is 7.09. The van der Waals surface area contributed by atoms with E-state index < -0.39 is 6.03 Å². The van der Waals surface area contributed by atoms with E-state index in [9.17, 15) is 9.59 Å². The van der Waals surface area contributed by atoms with Crippen LogP contribution in [0.1, 0.15) is 12.0 Å². The molecule has 0 spiro atoms. The molecule has 2 aromatic rings. The molecule has 0 aliphatic carbocycles. The van der Waals surface area contributed by atoms with Crippen LogP contribution in [0.4, 0.5) is 4.79 Å². The molecule has 3 N–H and O–H groups in total. The smallest absolute Gasteiger partial charge is 0.318 e. The minimum absolute atomic E-state index is 0.210. The second-order valence-corrected chi connectivity index (χ2v) is 4.47. The summed E-state index contributed by atoms with van der Waals surface area (Å²) in [6.07, 6.45) is 0.743. The van der Waals surface area contributed by atoms with Crippen LogP contribution in [0.3, 0.4) is 0 Å². The van der Waals surface area contributed by atoms with Crippen LogP contribution in [0.25, 0.3) is 0 Å². The minimum atomic E-state index is -0.827. The van der Waals surface area contributed by atoms with Gasteiger partial charge in [-0.2, -0.15) is 0 Å². The van der Waals surface area contributed by atoms with E-state index in [0.29, 0.717) is 6.42 Å². The van der Waals surface area contributed by atoms with Gasteiger partial charge in [0, 0.05) is 6.42 Å². The van der Waals surface area contributed by atoms with E-state index in [1.807, 2.05) is 59.9 Å². The normalized spacial score (nSPS) is 9.90. The lowest BCUT2D eigenvalue weighted by Gasteiger charge is -2.06. The van der Waals surface area contributed by atoms with Crippen LogP contribution in [0, 0.1) is 0 Å². The molecule has 21 heavy (non-hydrogen) atoms. The molecule has 2 rings (SSSR count). The highest BCUT2D eigenvalue weighted by molar-refractivity contribution is 5.93. The molecule has 2 aromatic carbocycles. The predicted octanol–water partition coefficient (Wildman–Crippen LogP) is 2.61. The molecule has 108 valence electrons. The van der Waals surface area contributed by atoms with Crippen molar-refractivity contribution in [2.24, 2.45) is 5.73 Å². The third-order valence-corrected chi connectivity index (χ3v) is 2.81. The summed E-state index contributed by atoms with van der Waals surface area (Å²) in [6.45, 7) is 0. The molecule has 0 radical (unpaired) electrons. The third kappa shape index (κ3) is 4.99. The standard InChI is InChI=1S/C16H16N2O3/c17-16(20)18-15(19)11-8-12-6-9-14(10-7-12)21-13-4-2-1-3-5-13/h1-7,9-10H,8,11H2,(H3,17,18,19,20). The molecule has 0 atom stereocenters. The van der Waals surface area contributed by atoms with Crippen LogP contribution in [0.2, 0.25) is 0 Å². The predicted molar refractivity (Wildman–Crippen MR) is 79.0 cm³/mol. The molecule has 0 fully saturated rings. The van der Waals surface area contributed by atoms with E-state index in [0.717, 1.165) is 17.1 Å². The highest BCUT2D eigenvalue weighted by Crippen LogP contribution is 2.21. The summed E-state index contributed by atoms with van der Waals surface area (Å²) in [7, 11) is 0. The van der Waals surface area contributed by atoms with Crippen LogP contribution in [0.15, 0.2) is 54.6 Å². The van der Waals surface area contributed by atoms with Gasteiger partial charge >= 0.3 is 6.03 Å². The van der Waals surface area contributed by atoms with Gasteiger partial charge in [0.15, 0.2) is 0 Å². The number of amides is 3. The van der Waals surface area contributed by atoms with Crippen LogP contribution in [-0.4, -0.2) is 11.9 Å². The Labute approximate surface area is 122 Å². The lowest BCUT2D eigenvalue weighted by molar-refractivity contribution is -0.119. The fourth-order valence-corrected chi connectivity index (χ4v) is 1.81. The van der Waals surface area contributed by atoms with Crippen LogP contribution >= 0.6 is 0 Å². The minimum Gasteiger partial charge on any atom is -0.457 e. The average Bonchev–Trinajstić information content (AvgIpc) is 2.47. The number of carbonyl (C=O) groups is 2. The molecule has 0 unspecified atom stereocenters. The zero-order valence-electron chi connectivity index (χ0n) is 11.4. The molecular weight excluding hydrogens is 268 g/mol. The van der Waals surface area contributed by atoms with E-state index in [1.165, 1.54) is 0 Å². The number of nitrogens with two attached hydrogens (primary N) is 1. The number of para-hydroxylation sites is 1. The van der Waals surface area contributed by atoms with Gasteiger partial charge in [0.05, 0.1) is 0 Å². The Morgan fingerprint density at radius 1 is 0.952 bits per heavy atom. The zero-order valence-corrected chi connectivity index (χ0v) is 11.4. The molecule has 0 aliphatic rings. The number of carbonyl (C=O) groups excluding carboxylic acids is 2. The summed E-state index contributed by atoms with van der Waals surface area (Å²) in [5.41, 5.74) is 5.85. The van der Waals surface area contributed by atoms with Gasteiger partial charge in [-0.05, 0) is 36.2 Å². The van der Waals surface area contributed by atoms with Crippen molar-refractivity contribution in [3.8, 4) is 11.5 Å². The van der Waals surface area contributed by atoms with Gasteiger partial charge in [-0.25, -0.2) is 4.79 Å². The van der Waals surface area contributed by atoms with Gasteiger partial charge in [0.1, 0.15) is 11.5 Å². The topological polar surface area (TPSA) is 81.4 Å². The van der Waals surface area contributed by atoms with Crippen LogP contribution < -0.4 is 15.8 Å².